The molecule has 0 bridgehead atoms. The molecule has 0 saturated carbocycles. The Kier molecular flexibility index (Phi) is 11.3. The fourth-order valence-corrected chi connectivity index (χ4v) is 9.77. The standard InChI is InChI=1S/C68H48N2/c1-6-16-49(17-7-1)26-27-50-28-40-62(41-29-50)69-65(58-36-32-54(33-37-58)52-18-8-2-9-19-52)45-60-48-68-61(47-67(60)69)46-66(59-38-34-55(35-39-59)53-20-10-3-11-21-53)70(68)63-42-30-51(31-43-63)44-64(56-22-12-4-13-23-56)57-24-14-5-15-25-57/h1-48H. The highest BCUT2D eigenvalue weighted by atomic mass is 15.0. The summed E-state index contributed by atoms with van der Waals surface area (Å²) >= 11 is 0. The lowest BCUT2D eigenvalue weighted by atomic mass is 9.96. The molecule has 0 aliphatic rings. The minimum Gasteiger partial charge on any atom is -0.309 e. The van der Waals surface area contributed by atoms with E-state index < -0.39 is 0 Å². The molecular weight excluding hydrogens is 845 g/mol. The Hall–Kier alpha value is -9.24. The van der Waals surface area contributed by atoms with Gasteiger partial charge in [-0.25, -0.2) is 0 Å². The van der Waals surface area contributed by atoms with Crippen LogP contribution in [-0.4, -0.2) is 9.13 Å². The Labute approximate surface area is 409 Å². The largest absolute Gasteiger partial charge is 0.309 e. The fraction of sp³-hybridized carbons (Fsp3) is 0. The van der Waals surface area contributed by atoms with Gasteiger partial charge in [-0.1, -0.05) is 237 Å². The molecular formula is C68H48N2. The molecule has 2 heteroatoms. The number of rotatable bonds is 11. The van der Waals surface area contributed by atoms with E-state index in [1.165, 1.54) is 55.3 Å². The maximum atomic E-state index is 2.44. The summed E-state index contributed by atoms with van der Waals surface area (Å²) in [7, 11) is 0. The molecule has 12 rings (SSSR count). The van der Waals surface area contributed by atoms with Crippen molar-refractivity contribution >= 4 is 45.6 Å². The summed E-state index contributed by atoms with van der Waals surface area (Å²) in [5.41, 5.74) is 20.9. The van der Waals surface area contributed by atoms with Crippen molar-refractivity contribution in [3.05, 3.63) is 301 Å². The number of fused-ring (bicyclic) bond motifs is 2. The van der Waals surface area contributed by atoms with Gasteiger partial charge in [0.1, 0.15) is 0 Å². The summed E-state index contributed by atoms with van der Waals surface area (Å²) < 4.78 is 4.87. The van der Waals surface area contributed by atoms with Gasteiger partial charge in [0.25, 0.3) is 0 Å². The molecule has 2 aromatic heterocycles. The summed E-state index contributed by atoms with van der Waals surface area (Å²) in [6.45, 7) is 0. The Bertz CT molecular complexity index is 3730. The molecule has 10 aromatic carbocycles. The third-order valence-corrected chi connectivity index (χ3v) is 13.4. The molecule has 0 spiro atoms. The number of hydrogen-bond acceptors (Lipinski definition) is 0. The van der Waals surface area contributed by atoms with Crippen molar-refractivity contribution in [2.75, 3.05) is 0 Å². The van der Waals surface area contributed by atoms with Crippen molar-refractivity contribution in [3.8, 4) is 56.1 Å². The summed E-state index contributed by atoms with van der Waals surface area (Å²) in [5, 5.41) is 2.34. The average Bonchev–Trinajstić information content (AvgIpc) is 4.01. The molecule has 0 aliphatic heterocycles. The van der Waals surface area contributed by atoms with Crippen LogP contribution in [0.4, 0.5) is 0 Å². The van der Waals surface area contributed by atoms with Crippen molar-refractivity contribution in [3.63, 3.8) is 0 Å². The molecule has 0 radical (unpaired) electrons. The lowest BCUT2D eigenvalue weighted by Gasteiger charge is -2.14. The van der Waals surface area contributed by atoms with Gasteiger partial charge in [-0.15, -0.1) is 0 Å². The maximum absolute atomic E-state index is 2.44. The lowest BCUT2D eigenvalue weighted by Crippen LogP contribution is -1.98. The van der Waals surface area contributed by atoms with Crippen LogP contribution in [0.1, 0.15) is 27.8 Å². The fourth-order valence-electron chi connectivity index (χ4n) is 9.77. The van der Waals surface area contributed by atoms with Gasteiger partial charge in [0, 0.05) is 22.1 Å². The van der Waals surface area contributed by atoms with E-state index >= 15 is 0 Å². The lowest BCUT2D eigenvalue weighted by molar-refractivity contribution is 1.13. The molecule has 330 valence electrons. The normalized spacial score (nSPS) is 11.4. The minimum atomic E-state index is 1.10. The smallest absolute Gasteiger partial charge is 0.0542 e. The summed E-state index contributed by atoms with van der Waals surface area (Å²) in [5.74, 6) is 0. The van der Waals surface area contributed by atoms with E-state index in [1.54, 1.807) is 0 Å². The molecule has 0 saturated heterocycles. The molecule has 0 fully saturated rings. The highest BCUT2D eigenvalue weighted by Crippen LogP contribution is 2.40. The molecule has 0 N–H and O–H groups in total. The predicted octanol–water partition coefficient (Wildman–Crippen LogP) is 18.0. The number of benzene rings is 10. The Morgan fingerprint density at radius 2 is 0.600 bits per heavy atom. The highest BCUT2D eigenvalue weighted by Gasteiger charge is 2.19. The third kappa shape index (κ3) is 8.51. The van der Waals surface area contributed by atoms with E-state index in [0.717, 1.165) is 56.0 Å². The zero-order valence-electron chi connectivity index (χ0n) is 38.6. The van der Waals surface area contributed by atoms with Gasteiger partial charge in [-0.3, -0.25) is 0 Å². The number of nitrogens with zero attached hydrogens (tertiary/aromatic N) is 2. The predicted molar refractivity (Wildman–Crippen MR) is 297 cm³/mol. The average molecular weight is 893 g/mol. The first-order chi connectivity index (χ1) is 34.7. The van der Waals surface area contributed by atoms with Crippen molar-refractivity contribution < 1.29 is 0 Å². The van der Waals surface area contributed by atoms with Crippen molar-refractivity contribution in [2.24, 2.45) is 0 Å². The number of hydrogen-bond donors (Lipinski definition) is 0. The molecule has 12 aromatic rings. The molecule has 0 amide bonds. The SMILES string of the molecule is C(=Cc1ccc(-n2c(-c3ccc(-c4ccccc4)cc3)cc3cc4c(cc(-c5ccc(-c6ccccc6)cc5)n4-c4ccc(C=C(c5ccccc5)c5ccccc5)cc4)cc32)cc1)c1ccccc1. The van der Waals surface area contributed by atoms with E-state index in [-0.39, 0.29) is 0 Å². The van der Waals surface area contributed by atoms with Crippen LogP contribution in [0.25, 0.3) is 102 Å². The molecule has 0 unspecified atom stereocenters. The maximum Gasteiger partial charge on any atom is 0.0542 e. The van der Waals surface area contributed by atoms with Gasteiger partial charge < -0.3 is 9.13 Å². The van der Waals surface area contributed by atoms with Crippen LogP contribution in [0.3, 0.4) is 0 Å². The van der Waals surface area contributed by atoms with Crippen LogP contribution in [0.5, 0.6) is 0 Å². The van der Waals surface area contributed by atoms with E-state index in [4.69, 9.17) is 0 Å². The molecule has 0 aliphatic carbocycles. The first-order valence-corrected chi connectivity index (χ1v) is 24.0. The van der Waals surface area contributed by atoms with Crippen LogP contribution in [0, 0.1) is 0 Å². The van der Waals surface area contributed by atoms with Crippen molar-refractivity contribution in [1.29, 1.82) is 0 Å². The second-order valence-electron chi connectivity index (χ2n) is 17.8. The van der Waals surface area contributed by atoms with Gasteiger partial charge in [-0.05, 0) is 121 Å². The zero-order valence-corrected chi connectivity index (χ0v) is 38.6. The number of aromatic nitrogens is 2. The van der Waals surface area contributed by atoms with Crippen LogP contribution < -0.4 is 0 Å². The van der Waals surface area contributed by atoms with E-state index in [2.05, 4.69) is 300 Å². The second kappa shape index (κ2) is 18.8. The van der Waals surface area contributed by atoms with Gasteiger partial charge in [0.05, 0.1) is 22.4 Å². The van der Waals surface area contributed by atoms with E-state index in [1.807, 2.05) is 0 Å². The van der Waals surface area contributed by atoms with Crippen LogP contribution >= 0.6 is 0 Å². The van der Waals surface area contributed by atoms with Gasteiger partial charge in [0.2, 0.25) is 0 Å². The Morgan fingerprint density at radius 3 is 1.01 bits per heavy atom. The Morgan fingerprint density at radius 1 is 0.271 bits per heavy atom. The van der Waals surface area contributed by atoms with Crippen LogP contribution in [-0.2, 0) is 0 Å². The van der Waals surface area contributed by atoms with Crippen molar-refractivity contribution in [2.45, 2.75) is 0 Å². The van der Waals surface area contributed by atoms with Crippen molar-refractivity contribution in [1.82, 2.24) is 9.13 Å². The minimum absolute atomic E-state index is 1.10. The van der Waals surface area contributed by atoms with E-state index in [9.17, 15) is 0 Å². The van der Waals surface area contributed by atoms with Gasteiger partial charge >= 0.3 is 0 Å². The molecule has 70 heavy (non-hydrogen) atoms. The quantitative estimate of drug-likeness (QED) is 0.115. The summed E-state index contributed by atoms with van der Waals surface area (Å²) in [4.78, 5) is 0. The summed E-state index contributed by atoms with van der Waals surface area (Å²) in [6.07, 6.45) is 6.66. The third-order valence-electron chi connectivity index (χ3n) is 13.4. The first kappa shape index (κ1) is 42.1. The first-order valence-electron chi connectivity index (χ1n) is 24.0. The zero-order chi connectivity index (χ0) is 46.6. The highest BCUT2D eigenvalue weighted by molar-refractivity contribution is 6.02. The van der Waals surface area contributed by atoms with Gasteiger partial charge in [-0.2, -0.15) is 0 Å². The molecule has 2 heterocycles. The Balaban J connectivity index is 1.01. The van der Waals surface area contributed by atoms with Crippen LogP contribution in [0.2, 0.25) is 0 Å². The van der Waals surface area contributed by atoms with Gasteiger partial charge in [0.15, 0.2) is 0 Å². The monoisotopic (exact) mass is 892 g/mol. The summed E-state index contributed by atoms with van der Waals surface area (Å²) in [6, 6.07) is 98.5. The molecule has 0 atom stereocenters. The molecule has 2 nitrogen and oxygen atoms in total. The van der Waals surface area contributed by atoms with E-state index in [0.29, 0.717) is 0 Å². The van der Waals surface area contributed by atoms with Crippen LogP contribution in [0.15, 0.2) is 273 Å². The topological polar surface area (TPSA) is 9.86 Å². The second-order valence-corrected chi connectivity index (χ2v) is 17.8.